The van der Waals surface area contributed by atoms with E-state index in [1.165, 1.54) is 9.80 Å². The molecule has 0 spiro atoms. The first kappa shape index (κ1) is 14.1. The highest BCUT2D eigenvalue weighted by atomic mass is 16.4. The zero-order valence-corrected chi connectivity index (χ0v) is 10.7. The van der Waals surface area contributed by atoms with Gasteiger partial charge in [-0.1, -0.05) is 12.8 Å². The molecule has 2 aliphatic heterocycles. The van der Waals surface area contributed by atoms with E-state index in [4.69, 9.17) is 0 Å². The fourth-order valence-corrected chi connectivity index (χ4v) is 2.70. The van der Waals surface area contributed by atoms with Crippen molar-refractivity contribution in [3.8, 4) is 0 Å². The number of aliphatic hydroxyl groups is 2. The second-order valence-corrected chi connectivity index (χ2v) is 5.22. The lowest BCUT2D eigenvalue weighted by Crippen LogP contribution is -2.50. The molecule has 0 aromatic rings. The fourth-order valence-electron chi connectivity index (χ4n) is 2.70. The number of amides is 2. The summed E-state index contributed by atoms with van der Waals surface area (Å²) in [5, 5.41) is 28.2. The van der Waals surface area contributed by atoms with Gasteiger partial charge in [-0.05, 0) is 12.8 Å². The van der Waals surface area contributed by atoms with Crippen LogP contribution < -0.4 is 0 Å². The van der Waals surface area contributed by atoms with E-state index in [-0.39, 0.29) is 13.1 Å². The number of hydrogen-bond acceptors (Lipinski definition) is 4. The Kier molecular flexibility index (Phi) is 4.26. The number of carboxylic acid groups (broad SMARTS) is 1. The van der Waals surface area contributed by atoms with Crippen LogP contribution in [0.4, 0.5) is 4.79 Å². The second kappa shape index (κ2) is 5.75. The lowest BCUT2D eigenvalue weighted by molar-refractivity contribution is -0.142. The smallest absolute Gasteiger partial charge is 0.326 e. The summed E-state index contributed by atoms with van der Waals surface area (Å²) in [7, 11) is 0. The highest BCUT2D eigenvalue weighted by molar-refractivity contribution is 5.83. The minimum Gasteiger partial charge on any atom is -0.480 e. The third-order valence-electron chi connectivity index (χ3n) is 3.81. The summed E-state index contributed by atoms with van der Waals surface area (Å²) < 4.78 is 0. The molecule has 7 nitrogen and oxygen atoms in total. The van der Waals surface area contributed by atoms with Crippen LogP contribution in [0, 0.1) is 0 Å². The van der Waals surface area contributed by atoms with Crippen LogP contribution in [0.25, 0.3) is 0 Å². The molecular formula is C12H20N2O5. The Balaban J connectivity index is 2.08. The number of β-amino-alcohol motifs (C(OH)–C–C–N with tert-alkyl or cyclic N) is 2. The van der Waals surface area contributed by atoms with Crippen LogP contribution in [0.2, 0.25) is 0 Å². The third-order valence-corrected chi connectivity index (χ3v) is 3.81. The van der Waals surface area contributed by atoms with Gasteiger partial charge >= 0.3 is 12.0 Å². The molecule has 2 amide bonds. The molecule has 2 aliphatic rings. The number of likely N-dealkylation sites (tertiary alicyclic amines) is 2. The Morgan fingerprint density at radius 3 is 2.21 bits per heavy atom. The highest BCUT2D eigenvalue weighted by Gasteiger charge is 2.38. The van der Waals surface area contributed by atoms with Crippen LogP contribution >= 0.6 is 0 Å². The normalized spacial score (nSPS) is 32.2. The van der Waals surface area contributed by atoms with Crippen molar-refractivity contribution < 1.29 is 24.9 Å². The van der Waals surface area contributed by atoms with Crippen LogP contribution in [-0.4, -0.2) is 75.0 Å². The number of urea groups is 1. The zero-order valence-electron chi connectivity index (χ0n) is 10.7. The predicted molar refractivity (Wildman–Crippen MR) is 65.6 cm³/mol. The number of carboxylic acids is 1. The van der Waals surface area contributed by atoms with Crippen molar-refractivity contribution in [3.63, 3.8) is 0 Å². The SMILES string of the molecule is O=C(O)C1CCCCCN1C(=O)N1CC(O)C(O)C1. The maximum atomic E-state index is 12.3. The molecule has 108 valence electrons. The number of rotatable bonds is 1. The molecule has 7 heteroatoms. The molecule has 2 fully saturated rings. The van der Waals surface area contributed by atoms with Gasteiger partial charge in [0.15, 0.2) is 0 Å². The van der Waals surface area contributed by atoms with Gasteiger partial charge in [0.2, 0.25) is 0 Å². The summed E-state index contributed by atoms with van der Waals surface area (Å²) in [5.41, 5.74) is 0. The molecule has 0 aliphatic carbocycles. The number of carbonyl (C=O) groups excluding carboxylic acids is 1. The third kappa shape index (κ3) is 2.98. The molecular weight excluding hydrogens is 252 g/mol. The van der Waals surface area contributed by atoms with Crippen LogP contribution in [0.1, 0.15) is 25.7 Å². The van der Waals surface area contributed by atoms with Crippen LogP contribution in [0.5, 0.6) is 0 Å². The summed E-state index contributed by atoms with van der Waals surface area (Å²) in [4.78, 5) is 26.3. The maximum absolute atomic E-state index is 12.3. The van der Waals surface area contributed by atoms with Gasteiger partial charge in [0.05, 0.1) is 25.3 Å². The van der Waals surface area contributed by atoms with E-state index in [1.807, 2.05) is 0 Å². The van der Waals surface area contributed by atoms with Gasteiger partial charge in [0, 0.05) is 6.54 Å². The average Bonchev–Trinajstić information content (AvgIpc) is 2.59. The first-order chi connectivity index (χ1) is 9.00. The standard InChI is InChI=1S/C12H20N2O5/c15-9-6-13(7-10(9)16)12(19)14-5-3-1-2-4-8(14)11(17)18/h8-10,15-16H,1-7H2,(H,17,18). The minimum absolute atomic E-state index is 0.0584. The zero-order chi connectivity index (χ0) is 14.0. The maximum Gasteiger partial charge on any atom is 0.326 e. The molecule has 2 rings (SSSR count). The second-order valence-electron chi connectivity index (χ2n) is 5.22. The van der Waals surface area contributed by atoms with E-state index in [0.717, 1.165) is 19.3 Å². The van der Waals surface area contributed by atoms with Crippen LogP contribution in [-0.2, 0) is 4.79 Å². The van der Waals surface area contributed by atoms with Gasteiger partial charge in [-0.2, -0.15) is 0 Å². The molecule has 3 N–H and O–H groups in total. The molecule has 0 radical (unpaired) electrons. The molecule has 2 saturated heterocycles. The monoisotopic (exact) mass is 272 g/mol. The van der Waals surface area contributed by atoms with E-state index < -0.39 is 30.3 Å². The van der Waals surface area contributed by atoms with Gasteiger partial charge in [0.1, 0.15) is 6.04 Å². The number of aliphatic carboxylic acids is 1. The molecule has 0 aromatic carbocycles. The molecule has 2 heterocycles. The predicted octanol–water partition coefficient (Wildman–Crippen LogP) is -0.527. The van der Waals surface area contributed by atoms with E-state index in [0.29, 0.717) is 13.0 Å². The summed E-state index contributed by atoms with van der Waals surface area (Å²) in [6.07, 6.45) is 1.07. The molecule has 3 atom stereocenters. The van der Waals surface area contributed by atoms with E-state index in [2.05, 4.69) is 0 Å². The van der Waals surface area contributed by atoms with Crippen LogP contribution in [0.15, 0.2) is 0 Å². The first-order valence-electron chi connectivity index (χ1n) is 6.65. The highest BCUT2D eigenvalue weighted by Crippen LogP contribution is 2.21. The topological polar surface area (TPSA) is 101 Å². The van der Waals surface area contributed by atoms with E-state index >= 15 is 0 Å². The number of nitrogens with zero attached hydrogens (tertiary/aromatic N) is 2. The molecule has 0 aromatic heterocycles. The Hall–Kier alpha value is -1.34. The molecule has 3 unspecified atom stereocenters. The Bertz CT molecular complexity index is 352. The summed E-state index contributed by atoms with van der Waals surface area (Å²) in [5.74, 6) is -0.990. The van der Waals surface area contributed by atoms with Gasteiger partial charge in [-0.3, -0.25) is 0 Å². The average molecular weight is 272 g/mol. The Morgan fingerprint density at radius 1 is 1.00 bits per heavy atom. The van der Waals surface area contributed by atoms with Gasteiger partial charge in [0.25, 0.3) is 0 Å². The Labute approximate surface area is 111 Å². The lowest BCUT2D eigenvalue weighted by atomic mass is 10.1. The molecule has 19 heavy (non-hydrogen) atoms. The van der Waals surface area contributed by atoms with Crippen LogP contribution in [0.3, 0.4) is 0 Å². The number of hydrogen-bond donors (Lipinski definition) is 3. The largest absolute Gasteiger partial charge is 0.480 e. The first-order valence-corrected chi connectivity index (χ1v) is 6.65. The van der Waals surface area contributed by atoms with Gasteiger partial charge in [-0.25, -0.2) is 9.59 Å². The van der Waals surface area contributed by atoms with E-state index in [9.17, 15) is 24.9 Å². The van der Waals surface area contributed by atoms with Crippen molar-refractivity contribution in [3.05, 3.63) is 0 Å². The van der Waals surface area contributed by atoms with E-state index in [1.54, 1.807) is 0 Å². The van der Waals surface area contributed by atoms with Crippen molar-refractivity contribution in [2.24, 2.45) is 0 Å². The Morgan fingerprint density at radius 2 is 1.63 bits per heavy atom. The summed E-state index contributed by atoms with van der Waals surface area (Å²) in [6, 6.07) is -1.20. The molecule has 0 saturated carbocycles. The minimum atomic E-state index is -0.990. The van der Waals surface area contributed by atoms with Crippen molar-refractivity contribution in [1.82, 2.24) is 9.80 Å². The number of aliphatic hydroxyl groups excluding tert-OH is 2. The van der Waals surface area contributed by atoms with Crippen molar-refractivity contribution in [1.29, 1.82) is 0 Å². The quantitative estimate of drug-likeness (QED) is 0.596. The number of carbonyl (C=O) groups is 2. The van der Waals surface area contributed by atoms with Crippen molar-refractivity contribution in [2.75, 3.05) is 19.6 Å². The summed E-state index contributed by atoms with van der Waals surface area (Å²) >= 11 is 0. The van der Waals surface area contributed by atoms with Gasteiger partial charge in [-0.15, -0.1) is 0 Å². The lowest BCUT2D eigenvalue weighted by Gasteiger charge is -2.31. The fraction of sp³-hybridized carbons (Fsp3) is 0.833. The molecule has 0 bridgehead atoms. The van der Waals surface area contributed by atoms with Gasteiger partial charge < -0.3 is 25.1 Å². The van der Waals surface area contributed by atoms with Crippen molar-refractivity contribution in [2.45, 2.75) is 43.9 Å². The summed E-state index contributed by atoms with van der Waals surface area (Å²) in [6.45, 7) is 0.532. The van der Waals surface area contributed by atoms with Crippen molar-refractivity contribution >= 4 is 12.0 Å².